The molecule has 1 unspecified atom stereocenters. The van der Waals surface area contributed by atoms with Gasteiger partial charge in [-0.25, -0.2) is 0 Å². The zero-order chi connectivity index (χ0) is 12.6. The van der Waals surface area contributed by atoms with E-state index in [1.54, 1.807) is 12.4 Å². The second-order valence-electron chi connectivity index (χ2n) is 4.85. The van der Waals surface area contributed by atoms with Gasteiger partial charge in [0.25, 0.3) is 0 Å². The van der Waals surface area contributed by atoms with Gasteiger partial charge >= 0.3 is 0 Å². The van der Waals surface area contributed by atoms with Crippen LogP contribution >= 0.6 is 0 Å². The van der Waals surface area contributed by atoms with Crippen LogP contribution in [0.2, 0.25) is 0 Å². The summed E-state index contributed by atoms with van der Waals surface area (Å²) in [5.41, 5.74) is 1.21. The molecule has 1 aromatic heterocycles. The van der Waals surface area contributed by atoms with E-state index >= 15 is 0 Å². The van der Waals surface area contributed by atoms with Crippen LogP contribution in [0.4, 0.5) is 0 Å². The van der Waals surface area contributed by atoms with Crippen molar-refractivity contribution in [1.29, 1.82) is 0 Å². The normalized spacial score (nSPS) is 18.8. The molecule has 1 atom stereocenters. The second-order valence-corrected chi connectivity index (χ2v) is 4.85. The number of nitrogens with zero attached hydrogens (tertiary/aromatic N) is 1. The maximum Gasteiger partial charge on any atom is 0.220 e. The minimum Gasteiger partial charge on any atom is -0.356 e. The summed E-state index contributed by atoms with van der Waals surface area (Å²) in [6.45, 7) is 2.89. The van der Waals surface area contributed by atoms with Gasteiger partial charge in [0.15, 0.2) is 0 Å². The van der Waals surface area contributed by atoms with E-state index in [0.29, 0.717) is 18.9 Å². The van der Waals surface area contributed by atoms with Gasteiger partial charge in [-0.05, 0) is 56.0 Å². The molecule has 2 N–H and O–H groups in total. The Morgan fingerprint density at radius 1 is 1.44 bits per heavy atom. The van der Waals surface area contributed by atoms with Gasteiger partial charge in [-0.3, -0.25) is 9.78 Å². The summed E-state index contributed by atoms with van der Waals surface area (Å²) in [4.78, 5) is 15.6. The second kappa shape index (κ2) is 7.11. The van der Waals surface area contributed by atoms with Crippen molar-refractivity contribution in [3.8, 4) is 0 Å². The number of carbonyl (C=O) groups is 1. The van der Waals surface area contributed by atoms with Crippen LogP contribution in [0.5, 0.6) is 0 Å². The Bertz CT molecular complexity index is 361. The quantitative estimate of drug-likeness (QED) is 0.792. The lowest BCUT2D eigenvalue weighted by molar-refractivity contribution is -0.121. The average Bonchev–Trinajstić information content (AvgIpc) is 2.91. The van der Waals surface area contributed by atoms with Crippen LogP contribution in [0.1, 0.15) is 24.8 Å². The van der Waals surface area contributed by atoms with E-state index in [1.165, 1.54) is 12.0 Å². The Kier molecular flexibility index (Phi) is 5.15. The number of pyridine rings is 1. The smallest absolute Gasteiger partial charge is 0.220 e. The molecule has 2 rings (SSSR count). The standard InChI is InChI=1S/C14H21N3O/c18-14(2-1-13-5-9-16-11-13)17-10-6-12-3-7-15-8-4-12/h3-4,7-8,13,16H,1-2,5-6,9-11H2,(H,17,18). The van der Waals surface area contributed by atoms with Crippen molar-refractivity contribution in [1.82, 2.24) is 15.6 Å². The van der Waals surface area contributed by atoms with Gasteiger partial charge in [0.1, 0.15) is 0 Å². The van der Waals surface area contributed by atoms with Crippen LogP contribution in [0, 0.1) is 5.92 Å². The van der Waals surface area contributed by atoms with Gasteiger partial charge in [-0.15, -0.1) is 0 Å². The molecule has 4 nitrogen and oxygen atoms in total. The molecular weight excluding hydrogens is 226 g/mol. The molecule has 2 heterocycles. The van der Waals surface area contributed by atoms with Gasteiger partial charge < -0.3 is 10.6 Å². The third kappa shape index (κ3) is 4.45. The summed E-state index contributed by atoms with van der Waals surface area (Å²) in [5.74, 6) is 0.868. The predicted molar refractivity (Wildman–Crippen MR) is 71.2 cm³/mol. The van der Waals surface area contributed by atoms with Gasteiger partial charge in [-0.1, -0.05) is 0 Å². The molecule has 1 fully saturated rings. The van der Waals surface area contributed by atoms with Crippen LogP contribution in [0.3, 0.4) is 0 Å². The summed E-state index contributed by atoms with van der Waals surface area (Å²) in [6.07, 6.45) is 7.31. The van der Waals surface area contributed by atoms with Gasteiger partial charge in [0, 0.05) is 25.4 Å². The third-order valence-electron chi connectivity index (χ3n) is 3.43. The highest BCUT2D eigenvalue weighted by molar-refractivity contribution is 5.75. The Balaban J connectivity index is 1.57. The van der Waals surface area contributed by atoms with E-state index in [0.717, 1.165) is 25.9 Å². The fourth-order valence-corrected chi connectivity index (χ4v) is 2.28. The van der Waals surface area contributed by atoms with Gasteiger partial charge in [0.05, 0.1) is 0 Å². The van der Waals surface area contributed by atoms with Crippen molar-refractivity contribution < 1.29 is 4.79 Å². The molecular formula is C14H21N3O. The number of hydrogen-bond donors (Lipinski definition) is 2. The molecule has 1 aliphatic rings. The molecule has 18 heavy (non-hydrogen) atoms. The van der Waals surface area contributed by atoms with E-state index in [4.69, 9.17) is 0 Å². The predicted octanol–water partition coefficient (Wildman–Crippen LogP) is 1.13. The topological polar surface area (TPSA) is 54.0 Å². The molecule has 98 valence electrons. The highest BCUT2D eigenvalue weighted by Crippen LogP contribution is 2.13. The van der Waals surface area contributed by atoms with Crippen molar-refractivity contribution in [2.45, 2.75) is 25.7 Å². The summed E-state index contributed by atoms with van der Waals surface area (Å²) in [6, 6.07) is 3.96. The van der Waals surface area contributed by atoms with Crippen molar-refractivity contribution in [2.24, 2.45) is 5.92 Å². The number of aromatic nitrogens is 1. The first kappa shape index (κ1) is 13.0. The molecule has 1 aromatic rings. The highest BCUT2D eigenvalue weighted by atomic mass is 16.1. The fraction of sp³-hybridized carbons (Fsp3) is 0.571. The van der Waals surface area contributed by atoms with Crippen molar-refractivity contribution in [3.63, 3.8) is 0 Å². The Labute approximate surface area is 108 Å². The number of hydrogen-bond acceptors (Lipinski definition) is 3. The number of carbonyl (C=O) groups excluding carboxylic acids is 1. The minimum atomic E-state index is 0.177. The van der Waals surface area contributed by atoms with Crippen molar-refractivity contribution in [2.75, 3.05) is 19.6 Å². The molecule has 0 bridgehead atoms. The molecule has 1 amide bonds. The number of rotatable bonds is 6. The summed E-state index contributed by atoms with van der Waals surface area (Å²) < 4.78 is 0. The van der Waals surface area contributed by atoms with Crippen LogP contribution < -0.4 is 10.6 Å². The lowest BCUT2D eigenvalue weighted by Gasteiger charge is -2.08. The van der Waals surface area contributed by atoms with Crippen LogP contribution in [0.25, 0.3) is 0 Å². The Morgan fingerprint density at radius 2 is 2.28 bits per heavy atom. The van der Waals surface area contributed by atoms with E-state index in [-0.39, 0.29) is 5.91 Å². The van der Waals surface area contributed by atoms with Crippen molar-refractivity contribution in [3.05, 3.63) is 30.1 Å². The Hall–Kier alpha value is -1.42. The molecule has 0 aliphatic carbocycles. The van der Waals surface area contributed by atoms with Crippen LogP contribution in [-0.2, 0) is 11.2 Å². The number of amides is 1. The van der Waals surface area contributed by atoms with Gasteiger partial charge in [0.2, 0.25) is 5.91 Å². The zero-order valence-corrected chi connectivity index (χ0v) is 10.7. The molecule has 0 saturated carbocycles. The van der Waals surface area contributed by atoms with Crippen LogP contribution in [0.15, 0.2) is 24.5 Å². The average molecular weight is 247 g/mol. The lowest BCUT2D eigenvalue weighted by atomic mass is 10.0. The van der Waals surface area contributed by atoms with E-state index in [1.807, 2.05) is 12.1 Å². The molecule has 0 aromatic carbocycles. The Morgan fingerprint density at radius 3 is 3.00 bits per heavy atom. The lowest BCUT2D eigenvalue weighted by Crippen LogP contribution is -2.26. The van der Waals surface area contributed by atoms with Crippen LogP contribution in [-0.4, -0.2) is 30.5 Å². The third-order valence-corrected chi connectivity index (χ3v) is 3.43. The molecule has 0 radical (unpaired) electrons. The van der Waals surface area contributed by atoms with E-state index in [2.05, 4.69) is 15.6 Å². The highest BCUT2D eigenvalue weighted by Gasteiger charge is 2.15. The number of nitrogens with one attached hydrogen (secondary N) is 2. The zero-order valence-electron chi connectivity index (χ0n) is 10.7. The molecule has 4 heteroatoms. The molecule has 1 aliphatic heterocycles. The monoisotopic (exact) mass is 247 g/mol. The van der Waals surface area contributed by atoms with Crippen molar-refractivity contribution >= 4 is 5.91 Å². The van der Waals surface area contributed by atoms with E-state index in [9.17, 15) is 4.79 Å². The maximum atomic E-state index is 11.6. The first-order valence-electron chi connectivity index (χ1n) is 6.71. The summed E-state index contributed by atoms with van der Waals surface area (Å²) in [5, 5.41) is 6.30. The first-order valence-corrected chi connectivity index (χ1v) is 6.71. The van der Waals surface area contributed by atoms with Gasteiger partial charge in [-0.2, -0.15) is 0 Å². The molecule has 0 spiro atoms. The summed E-state index contributed by atoms with van der Waals surface area (Å²) >= 11 is 0. The van der Waals surface area contributed by atoms with E-state index < -0.39 is 0 Å². The summed E-state index contributed by atoms with van der Waals surface area (Å²) in [7, 11) is 0. The largest absolute Gasteiger partial charge is 0.356 e. The first-order chi connectivity index (χ1) is 8.84. The maximum absolute atomic E-state index is 11.6. The molecule has 1 saturated heterocycles. The SMILES string of the molecule is O=C(CCC1CCNC1)NCCc1ccncc1. The minimum absolute atomic E-state index is 0.177. The fourth-order valence-electron chi connectivity index (χ4n) is 2.28.